The molecule has 0 radical (unpaired) electrons. The Morgan fingerprint density at radius 3 is 2.48 bits per heavy atom. The normalized spacial score (nSPS) is 17.4. The first-order valence-corrected chi connectivity index (χ1v) is 9.79. The Labute approximate surface area is 153 Å². The number of rotatable bonds is 3. The quantitative estimate of drug-likeness (QED) is 0.551. The third-order valence-corrected chi connectivity index (χ3v) is 6.84. The van der Waals surface area contributed by atoms with Gasteiger partial charge in [-0.15, -0.1) is 11.3 Å². The Balaban J connectivity index is 1.94. The fourth-order valence-electron chi connectivity index (χ4n) is 2.92. The highest BCUT2D eigenvalue weighted by atomic mass is 32.2. The zero-order valence-electron chi connectivity index (χ0n) is 13.1. The number of hydrogen-bond donors (Lipinski definition) is 0. The number of ketones is 1. The summed E-state index contributed by atoms with van der Waals surface area (Å²) in [6.07, 6.45) is -3.40. The number of sulfone groups is 1. The van der Waals surface area contributed by atoms with Gasteiger partial charge < -0.3 is 4.74 Å². The zero-order chi connectivity index (χ0) is 19.6. The first-order chi connectivity index (χ1) is 12.7. The van der Waals surface area contributed by atoms with Gasteiger partial charge >= 0.3 is 5.25 Å². The predicted molar refractivity (Wildman–Crippen MR) is 89.8 cm³/mol. The van der Waals surface area contributed by atoms with Crippen LogP contribution in [0.1, 0.15) is 22.3 Å². The third kappa shape index (κ3) is 2.39. The van der Waals surface area contributed by atoms with Crippen LogP contribution in [0.25, 0.3) is 10.1 Å². The van der Waals surface area contributed by atoms with Crippen molar-refractivity contribution in [3.05, 3.63) is 52.9 Å². The van der Waals surface area contributed by atoms with E-state index in [1.807, 2.05) is 0 Å². The second-order valence-electron chi connectivity index (χ2n) is 5.69. The molecule has 27 heavy (non-hydrogen) atoms. The van der Waals surface area contributed by atoms with Crippen molar-refractivity contribution < 1.29 is 35.5 Å². The number of carbonyl (C=O) groups is 1. The van der Waals surface area contributed by atoms with E-state index in [9.17, 15) is 30.8 Å². The summed E-state index contributed by atoms with van der Waals surface area (Å²) < 4.78 is 85.0. The summed E-state index contributed by atoms with van der Waals surface area (Å²) in [6.45, 7) is 0. The fourth-order valence-corrected chi connectivity index (χ4v) is 5.07. The number of halogens is 4. The van der Waals surface area contributed by atoms with E-state index in [2.05, 4.69) is 0 Å². The van der Waals surface area contributed by atoms with E-state index < -0.39 is 49.1 Å². The number of hydrogen-bond acceptors (Lipinski definition) is 5. The van der Waals surface area contributed by atoms with E-state index in [4.69, 9.17) is 4.74 Å². The van der Waals surface area contributed by atoms with E-state index in [0.717, 1.165) is 10.8 Å². The van der Waals surface area contributed by atoms with Crippen LogP contribution in [0.5, 0.6) is 11.5 Å². The van der Waals surface area contributed by atoms with Gasteiger partial charge in [-0.25, -0.2) is 17.2 Å². The van der Waals surface area contributed by atoms with Crippen molar-refractivity contribution in [1.82, 2.24) is 0 Å². The van der Waals surface area contributed by atoms with Crippen LogP contribution >= 0.6 is 11.3 Å². The third-order valence-electron chi connectivity index (χ3n) is 4.18. The second kappa shape index (κ2) is 5.77. The minimum Gasteiger partial charge on any atom is -0.456 e. The van der Waals surface area contributed by atoms with Gasteiger partial charge in [0.2, 0.25) is 5.78 Å². The molecule has 0 N–H and O–H groups in total. The number of Topliss-reactive ketones (excluding diaryl/α,β-unsaturated/α-hetero) is 1. The predicted octanol–water partition coefficient (Wildman–Crippen LogP) is 5.19. The molecule has 0 saturated heterocycles. The average Bonchev–Trinajstić information content (AvgIpc) is 3.13. The van der Waals surface area contributed by atoms with Gasteiger partial charge in [0.1, 0.15) is 11.5 Å². The molecular weight excluding hydrogens is 408 g/mol. The Morgan fingerprint density at radius 1 is 1.04 bits per heavy atom. The maximum Gasteiger partial charge on any atom is 0.411 e. The summed E-state index contributed by atoms with van der Waals surface area (Å²) in [5.41, 5.74) is -2.38. The molecule has 0 aliphatic carbocycles. The average molecular weight is 416 g/mol. The first kappa shape index (κ1) is 17.9. The molecule has 0 amide bonds. The maximum absolute atomic E-state index is 13.9. The molecule has 4 rings (SSSR count). The molecule has 0 spiro atoms. The number of ether oxygens (including phenoxy) is 1. The van der Waals surface area contributed by atoms with E-state index in [-0.39, 0.29) is 5.75 Å². The number of carbonyl (C=O) groups excluding carboxylic acids is 1. The van der Waals surface area contributed by atoms with Crippen molar-refractivity contribution in [3.63, 3.8) is 0 Å². The molecule has 140 valence electrons. The number of alkyl halides is 4. The molecule has 0 saturated carbocycles. The van der Waals surface area contributed by atoms with Crippen LogP contribution in [0.15, 0.2) is 46.7 Å². The topological polar surface area (TPSA) is 60.4 Å². The van der Waals surface area contributed by atoms with Gasteiger partial charge in [-0.2, -0.15) is 8.78 Å². The monoisotopic (exact) mass is 416 g/mol. The SMILES string of the molecule is O=C1c2c(ccc(Oc3cccc4sccc34)c2C(F)F)S(=O)(=O)C1(F)F. The fraction of sp³-hybridized carbons (Fsp3) is 0.118. The number of fused-ring (bicyclic) bond motifs is 2. The Bertz CT molecular complexity index is 1200. The smallest absolute Gasteiger partial charge is 0.411 e. The zero-order valence-corrected chi connectivity index (χ0v) is 14.7. The van der Waals surface area contributed by atoms with Gasteiger partial charge in [-0.1, -0.05) is 6.07 Å². The minimum atomic E-state index is -5.37. The van der Waals surface area contributed by atoms with E-state index >= 15 is 0 Å². The minimum absolute atomic E-state index is 0.177. The standard InChI is InChI=1S/C17H8F4O4S2/c18-16(19)13-10(25-9-2-1-3-11-8(9)6-7-26-11)4-5-12-14(13)15(22)17(20,21)27(12,23)24/h1-7,16H. The lowest BCUT2D eigenvalue weighted by Gasteiger charge is -2.14. The van der Waals surface area contributed by atoms with E-state index in [1.54, 1.807) is 23.6 Å². The molecular formula is C17H8F4O4S2. The van der Waals surface area contributed by atoms with Crippen molar-refractivity contribution in [2.45, 2.75) is 16.6 Å². The molecule has 2 aromatic carbocycles. The molecule has 1 aliphatic rings. The van der Waals surface area contributed by atoms with Crippen LogP contribution in [0, 0.1) is 0 Å². The lowest BCUT2D eigenvalue weighted by molar-refractivity contribution is 0.0541. The Hall–Kier alpha value is -2.46. The largest absolute Gasteiger partial charge is 0.456 e. The van der Waals surface area contributed by atoms with Crippen molar-refractivity contribution in [2.75, 3.05) is 0 Å². The van der Waals surface area contributed by atoms with Crippen LogP contribution in [-0.2, 0) is 9.84 Å². The Morgan fingerprint density at radius 2 is 1.78 bits per heavy atom. The van der Waals surface area contributed by atoms with Crippen LogP contribution in [-0.4, -0.2) is 19.5 Å². The molecule has 0 atom stereocenters. The summed E-state index contributed by atoms with van der Waals surface area (Å²) >= 11 is 1.38. The summed E-state index contributed by atoms with van der Waals surface area (Å²) in [4.78, 5) is 10.8. The van der Waals surface area contributed by atoms with Crippen LogP contribution in [0.2, 0.25) is 0 Å². The molecule has 1 aromatic heterocycles. The van der Waals surface area contributed by atoms with Gasteiger partial charge in [0.25, 0.3) is 16.3 Å². The van der Waals surface area contributed by atoms with Gasteiger partial charge in [0.15, 0.2) is 0 Å². The summed E-state index contributed by atoms with van der Waals surface area (Å²) in [5, 5.41) is -2.43. The second-order valence-corrected chi connectivity index (χ2v) is 8.60. The maximum atomic E-state index is 13.9. The summed E-state index contributed by atoms with van der Waals surface area (Å²) in [7, 11) is -5.37. The van der Waals surface area contributed by atoms with Gasteiger partial charge in [0, 0.05) is 10.1 Å². The van der Waals surface area contributed by atoms with Gasteiger partial charge in [-0.05, 0) is 35.7 Å². The van der Waals surface area contributed by atoms with Crippen molar-refractivity contribution >= 4 is 37.0 Å². The lowest BCUT2D eigenvalue weighted by atomic mass is 10.0. The molecule has 4 nitrogen and oxygen atoms in total. The highest BCUT2D eigenvalue weighted by Crippen LogP contribution is 2.48. The number of thiophene rings is 1. The lowest BCUT2D eigenvalue weighted by Crippen LogP contribution is -2.30. The molecule has 0 bridgehead atoms. The van der Waals surface area contributed by atoms with Crippen molar-refractivity contribution in [1.29, 1.82) is 0 Å². The molecule has 0 fully saturated rings. The molecule has 2 heterocycles. The first-order valence-electron chi connectivity index (χ1n) is 7.42. The van der Waals surface area contributed by atoms with Crippen LogP contribution < -0.4 is 4.74 Å². The Kier molecular flexibility index (Phi) is 3.83. The number of benzene rings is 2. The van der Waals surface area contributed by atoms with E-state index in [0.29, 0.717) is 11.5 Å². The highest BCUT2D eigenvalue weighted by molar-refractivity contribution is 7.94. The van der Waals surface area contributed by atoms with Gasteiger partial charge in [-0.3, -0.25) is 4.79 Å². The molecule has 1 aliphatic heterocycles. The van der Waals surface area contributed by atoms with Crippen LogP contribution in [0.3, 0.4) is 0 Å². The summed E-state index contributed by atoms with van der Waals surface area (Å²) in [6, 6.07) is 8.13. The van der Waals surface area contributed by atoms with Gasteiger partial charge in [0.05, 0.1) is 16.0 Å². The molecule has 10 heteroatoms. The molecule has 0 unspecified atom stereocenters. The van der Waals surface area contributed by atoms with E-state index in [1.165, 1.54) is 17.4 Å². The van der Waals surface area contributed by atoms with Crippen molar-refractivity contribution in [2.24, 2.45) is 0 Å². The highest BCUT2D eigenvalue weighted by Gasteiger charge is 2.62. The molecule has 3 aromatic rings. The van der Waals surface area contributed by atoms with Crippen LogP contribution in [0.4, 0.5) is 17.6 Å². The van der Waals surface area contributed by atoms with Crippen molar-refractivity contribution in [3.8, 4) is 11.5 Å². The summed E-state index contributed by atoms with van der Waals surface area (Å²) in [5.74, 6) is -2.55.